The Kier molecular flexibility index (Phi) is 2.62. The predicted octanol–water partition coefficient (Wildman–Crippen LogP) is 2.72. The van der Waals surface area contributed by atoms with Crippen LogP contribution in [0.1, 0.15) is 28.9 Å². The van der Waals surface area contributed by atoms with Crippen LogP contribution >= 0.6 is 0 Å². The molecule has 0 aliphatic carbocycles. The van der Waals surface area contributed by atoms with Crippen molar-refractivity contribution in [3.8, 4) is 0 Å². The molecule has 1 aromatic carbocycles. The molecule has 0 radical (unpaired) electrons. The number of aromatic nitrogens is 1. The van der Waals surface area contributed by atoms with Crippen molar-refractivity contribution in [1.82, 2.24) is 9.47 Å². The highest BCUT2D eigenvalue weighted by atomic mass is 16.2. The van der Waals surface area contributed by atoms with E-state index in [1.807, 2.05) is 22.6 Å². The monoisotopic (exact) mass is 242 g/mol. The van der Waals surface area contributed by atoms with Gasteiger partial charge in [-0.25, -0.2) is 0 Å². The lowest BCUT2D eigenvalue weighted by atomic mass is 10.2. The highest BCUT2D eigenvalue weighted by Crippen LogP contribution is 2.22. The Morgan fingerprint density at radius 3 is 2.61 bits per heavy atom. The third-order valence-electron chi connectivity index (χ3n) is 3.81. The van der Waals surface area contributed by atoms with E-state index in [0.29, 0.717) is 0 Å². The summed E-state index contributed by atoms with van der Waals surface area (Å²) < 4.78 is 2.02. The zero-order valence-electron chi connectivity index (χ0n) is 10.9. The molecule has 2 aromatic rings. The number of fused-ring (bicyclic) bond motifs is 1. The van der Waals surface area contributed by atoms with Crippen molar-refractivity contribution >= 4 is 16.8 Å². The van der Waals surface area contributed by atoms with Crippen LogP contribution in [0.4, 0.5) is 0 Å². The van der Waals surface area contributed by atoms with Crippen LogP contribution in [0.3, 0.4) is 0 Å². The summed E-state index contributed by atoms with van der Waals surface area (Å²) >= 11 is 0. The summed E-state index contributed by atoms with van der Waals surface area (Å²) in [7, 11) is 1.98. The van der Waals surface area contributed by atoms with Gasteiger partial charge in [-0.1, -0.05) is 12.1 Å². The summed E-state index contributed by atoms with van der Waals surface area (Å²) in [5.41, 5.74) is 3.17. The maximum Gasteiger partial charge on any atom is 0.270 e. The van der Waals surface area contributed by atoms with Crippen molar-refractivity contribution in [1.29, 1.82) is 0 Å². The third-order valence-corrected chi connectivity index (χ3v) is 3.81. The second-order valence-corrected chi connectivity index (χ2v) is 5.15. The molecule has 3 rings (SSSR count). The first-order chi connectivity index (χ1) is 8.66. The third kappa shape index (κ3) is 1.70. The van der Waals surface area contributed by atoms with Crippen molar-refractivity contribution in [2.45, 2.75) is 19.8 Å². The van der Waals surface area contributed by atoms with Crippen molar-refractivity contribution < 1.29 is 4.79 Å². The fraction of sp³-hybridized carbons (Fsp3) is 0.400. The Morgan fingerprint density at radius 1 is 1.17 bits per heavy atom. The zero-order chi connectivity index (χ0) is 12.7. The Morgan fingerprint density at radius 2 is 1.89 bits per heavy atom. The summed E-state index contributed by atoms with van der Waals surface area (Å²) in [6.07, 6.45) is 2.27. The molecular weight excluding hydrogens is 224 g/mol. The number of nitrogens with zero attached hydrogens (tertiary/aromatic N) is 2. The average molecular weight is 242 g/mol. The molecule has 18 heavy (non-hydrogen) atoms. The maximum atomic E-state index is 12.4. The standard InChI is InChI=1S/C15H18N2O/c1-11-5-6-12-10-14(16(2)13(12)9-11)15(18)17-7-3-4-8-17/h5-6,9-10H,3-4,7-8H2,1-2H3. The molecule has 0 atom stereocenters. The lowest BCUT2D eigenvalue weighted by Gasteiger charge is -2.15. The van der Waals surface area contributed by atoms with Crippen LogP contribution in [0, 0.1) is 6.92 Å². The first kappa shape index (κ1) is 11.3. The second kappa shape index (κ2) is 4.16. The van der Waals surface area contributed by atoms with Crippen molar-refractivity contribution in [2.75, 3.05) is 13.1 Å². The molecule has 1 saturated heterocycles. The minimum absolute atomic E-state index is 0.170. The number of carbonyl (C=O) groups is 1. The van der Waals surface area contributed by atoms with Crippen LogP contribution in [0.5, 0.6) is 0 Å². The molecule has 0 spiro atoms. The Bertz CT molecular complexity index is 606. The van der Waals surface area contributed by atoms with E-state index in [2.05, 4.69) is 25.1 Å². The van der Waals surface area contributed by atoms with Crippen LogP contribution < -0.4 is 0 Å². The molecule has 0 unspecified atom stereocenters. The van der Waals surface area contributed by atoms with E-state index in [0.717, 1.165) is 42.5 Å². The molecule has 0 saturated carbocycles. The minimum atomic E-state index is 0.170. The number of hydrogen-bond donors (Lipinski definition) is 0. The Hall–Kier alpha value is -1.77. The van der Waals surface area contributed by atoms with E-state index < -0.39 is 0 Å². The molecule has 3 heteroatoms. The van der Waals surface area contributed by atoms with Gasteiger partial charge in [0.05, 0.1) is 0 Å². The molecule has 0 bridgehead atoms. The van der Waals surface area contributed by atoms with Gasteiger partial charge in [0, 0.05) is 31.0 Å². The van der Waals surface area contributed by atoms with Crippen LogP contribution in [0.2, 0.25) is 0 Å². The SMILES string of the molecule is Cc1ccc2cc(C(=O)N3CCCC3)n(C)c2c1. The summed E-state index contributed by atoms with van der Waals surface area (Å²) in [6, 6.07) is 8.32. The predicted molar refractivity (Wildman–Crippen MR) is 72.8 cm³/mol. The summed E-state index contributed by atoms with van der Waals surface area (Å²) in [6.45, 7) is 3.88. The van der Waals surface area contributed by atoms with E-state index >= 15 is 0 Å². The second-order valence-electron chi connectivity index (χ2n) is 5.15. The smallest absolute Gasteiger partial charge is 0.270 e. The Labute approximate surface area is 107 Å². The minimum Gasteiger partial charge on any atom is -0.340 e. The zero-order valence-corrected chi connectivity index (χ0v) is 10.9. The van der Waals surface area contributed by atoms with Gasteiger partial charge in [-0.05, 0) is 37.5 Å². The largest absolute Gasteiger partial charge is 0.340 e. The summed E-state index contributed by atoms with van der Waals surface area (Å²) in [5.74, 6) is 0.170. The van der Waals surface area contributed by atoms with Crippen LogP contribution in [0.25, 0.3) is 10.9 Å². The van der Waals surface area contributed by atoms with Crippen LogP contribution in [-0.2, 0) is 7.05 Å². The first-order valence-corrected chi connectivity index (χ1v) is 6.52. The maximum absolute atomic E-state index is 12.4. The molecule has 1 aliphatic heterocycles. The Balaban J connectivity index is 2.06. The summed E-state index contributed by atoms with van der Waals surface area (Å²) in [5, 5.41) is 1.14. The molecule has 94 valence electrons. The van der Waals surface area contributed by atoms with Gasteiger partial charge >= 0.3 is 0 Å². The van der Waals surface area contributed by atoms with E-state index in [9.17, 15) is 4.79 Å². The van der Waals surface area contributed by atoms with E-state index in [-0.39, 0.29) is 5.91 Å². The molecular formula is C15H18N2O. The van der Waals surface area contributed by atoms with Gasteiger partial charge in [0.1, 0.15) is 5.69 Å². The van der Waals surface area contributed by atoms with Gasteiger partial charge in [-0.3, -0.25) is 4.79 Å². The molecule has 3 nitrogen and oxygen atoms in total. The number of benzene rings is 1. The number of amides is 1. The fourth-order valence-corrected chi connectivity index (χ4v) is 2.73. The van der Waals surface area contributed by atoms with E-state index in [1.165, 1.54) is 5.56 Å². The van der Waals surface area contributed by atoms with Gasteiger partial charge in [0.15, 0.2) is 0 Å². The highest BCUT2D eigenvalue weighted by molar-refractivity contribution is 5.98. The normalized spacial score (nSPS) is 15.6. The number of rotatable bonds is 1. The van der Waals surface area contributed by atoms with Crippen LogP contribution in [0.15, 0.2) is 24.3 Å². The number of likely N-dealkylation sites (tertiary alicyclic amines) is 1. The lowest BCUT2D eigenvalue weighted by Crippen LogP contribution is -2.29. The van der Waals surface area contributed by atoms with Gasteiger partial charge < -0.3 is 9.47 Å². The molecule has 1 fully saturated rings. The molecule has 1 aromatic heterocycles. The van der Waals surface area contributed by atoms with Gasteiger partial charge in [-0.2, -0.15) is 0 Å². The van der Waals surface area contributed by atoms with Gasteiger partial charge in [0.2, 0.25) is 0 Å². The first-order valence-electron chi connectivity index (χ1n) is 6.52. The number of hydrogen-bond acceptors (Lipinski definition) is 1. The van der Waals surface area contributed by atoms with Crippen molar-refractivity contribution in [3.05, 3.63) is 35.5 Å². The quantitative estimate of drug-likeness (QED) is 0.755. The lowest BCUT2D eigenvalue weighted by molar-refractivity contribution is 0.0784. The van der Waals surface area contributed by atoms with Crippen molar-refractivity contribution in [3.63, 3.8) is 0 Å². The van der Waals surface area contributed by atoms with E-state index in [1.54, 1.807) is 0 Å². The van der Waals surface area contributed by atoms with Gasteiger partial charge in [-0.15, -0.1) is 0 Å². The molecule has 1 amide bonds. The molecule has 1 aliphatic rings. The van der Waals surface area contributed by atoms with E-state index in [4.69, 9.17) is 0 Å². The molecule has 2 heterocycles. The van der Waals surface area contributed by atoms with Crippen LogP contribution in [-0.4, -0.2) is 28.5 Å². The average Bonchev–Trinajstić information content (AvgIpc) is 2.98. The topological polar surface area (TPSA) is 25.2 Å². The highest BCUT2D eigenvalue weighted by Gasteiger charge is 2.22. The summed E-state index contributed by atoms with van der Waals surface area (Å²) in [4.78, 5) is 14.4. The van der Waals surface area contributed by atoms with Crippen molar-refractivity contribution in [2.24, 2.45) is 7.05 Å². The number of carbonyl (C=O) groups excluding carboxylic acids is 1. The van der Waals surface area contributed by atoms with Gasteiger partial charge in [0.25, 0.3) is 5.91 Å². The number of aryl methyl sites for hydroxylation is 2. The fourth-order valence-electron chi connectivity index (χ4n) is 2.73. The molecule has 0 N–H and O–H groups in total.